The first kappa shape index (κ1) is 30.2. The Morgan fingerprint density at radius 1 is 0.949 bits per heavy atom. The SMILES string of the molecule is Cc1ccc(C)c(N(CC(=O)N(Cc2ccccc2Cl)C(Cc2ccccc2)C(=O)NC(C)C)S(C)(=O)=O)c1. The van der Waals surface area contributed by atoms with Crippen LogP contribution in [0.3, 0.4) is 0 Å². The van der Waals surface area contributed by atoms with Crippen LogP contribution >= 0.6 is 11.6 Å². The maximum absolute atomic E-state index is 14.1. The van der Waals surface area contributed by atoms with Crippen molar-refractivity contribution in [2.24, 2.45) is 0 Å². The Morgan fingerprint density at radius 3 is 2.21 bits per heavy atom. The van der Waals surface area contributed by atoms with Gasteiger partial charge in [0, 0.05) is 24.0 Å². The van der Waals surface area contributed by atoms with Crippen LogP contribution in [0.4, 0.5) is 5.69 Å². The zero-order valence-electron chi connectivity index (χ0n) is 23.0. The maximum atomic E-state index is 14.1. The van der Waals surface area contributed by atoms with Crippen LogP contribution in [0.1, 0.15) is 36.1 Å². The molecule has 1 unspecified atom stereocenters. The number of carbonyl (C=O) groups excluding carboxylic acids is 2. The normalized spacial score (nSPS) is 12.2. The molecular weight excluding hydrogens is 534 g/mol. The molecule has 0 fully saturated rings. The van der Waals surface area contributed by atoms with Gasteiger partial charge >= 0.3 is 0 Å². The first-order chi connectivity index (χ1) is 18.4. The molecule has 0 aliphatic rings. The van der Waals surface area contributed by atoms with Gasteiger partial charge in [-0.25, -0.2) is 8.42 Å². The molecular formula is C30H36ClN3O4S. The monoisotopic (exact) mass is 569 g/mol. The van der Waals surface area contributed by atoms with E-state index in [2.05, 4.69) is 5.32 Å². The van der Waals surface area contributed by atoms with Gasteiger partial charge in [0.1, 0.15) is 12.6 Å². The van der Waals surface area contributed by atoms with Gasteiger partial charge in [0.05, 0.1) is 11.9 Å². The van der Waals surface area contributed by atoms with Crippen molar-refractivity contribution in [2.75, 3.05) is 17.1 Å². The molecule has 3 rings (SSSR count). The highest BCUT2D eigenvalue weighted by atomic mass is 35.5. The summed E-state index contributed by atoms with van der Waals surface area (Å²) in [5.41, 5.74) is 3.53. The van der Waals surface area contributed by atoms with Crippen molar-refractivity contribution < 1.29 is 18.0 Å². The van der Waals surface area contributed by atoms with Crippen molar-refractivity contribution in [3.05, 3.63) is 100 Å². The molecule has 0 saturated carbocycles. The summed E-state index contributed by atoms with van der Waals surface area (Å²) >= 11 is 6.47. The van der Waals surface area contributed by atoms with E-state index < -0.39 is 28.5 Å². The molecule has 7 nitrogen and oxygen atoms in total. The quantitative estimate of drug-likeness (QED) is 0.356. The molecule has 0 heterocycles. The summed E-state index contributed by atoms with van der Waals surface area (Å²) in [5.74, 6) is -0.840. The highest BCUT2D eigenvalue weighted by molar-refractivity contribution is 7.92. The number of sulfonamides is 1. The Kier molecular flexibility index (Phi) is 10.2. The van der Waals surface area contributed by atoms with Gasteiger partial charge in [-0.15, -0.1) is 0 Å². The van der Waals surface area contributed by atoms with Gasteiger partial charge in [-0.05, 0) is 62.1 Å². The summed E-state index contributed by atoms with van der Waals surface area (Å²) < 4.78 is 27.0. The van der Waals surface area contributed by atoms with E-state index in [0.29, 0.717) is 16.3 Å². The van der Waals surface area contributed by atoms with Crippen molar-refractivity contribution in [1.29, 1.82) is 0 Å². The average molecular weight is 570 g/mol. The number of carbonyl (C=O) groups is 2. The zero-order valence-corrected chi connectivity index (χ0v) is 24.6. The fourth-order valence-electron chi connectivity index (χ4n) is 4.33. The van der Waals surface area contributed by atoms with E-state index in [-0.39, 0.29) is 24.9 Å². The minimum absolute atomic E-state index is 0.0337. The third kappa shape index (κ3) is 8.31. The summed E-state index contributed by atoms with van der Waals surface area (Å²) in [4.78, 5) is 29.1. The molecule has 9 heteroatoms. The summed E-state index contributed by atoms with van der Waals surface area (Å²) in [6.45, 7) is 6.93. The van der Waals surface area contributed by atoms with Crippen LogP contribution in [-0.2, 0) is 32.6 Å². The Hall–Kier alpha value is -3.36. The molecule has 39 heavy (non-hydrogen) atoms. The molecule has 0 spiro atoms. The van der Waals surface area contributed by atoms with Crippen LogP contribution in [0.25, 0.3) is 0 Å². The Bertz CT molecular complexity index is 1410. The largest absolute Gasteiger partial charge is 0.352 e. The number of rotatable bonds is 11. The second kappa shape index (κ2) is 13.1. The van der Waals surface area contributed by atoms with Crippen LogP contribution in [0.2, 0.25) is 5.02 Å². The number of hydrogen-bond acceptors (Lipinski definition) is 4. The van der Waals surface area contributed by atoms with Crippen molar-refractivity contribution >= 4 is 39.1 Å². The Labute approximate surface area is 236 Å². The smallest absolute Gasteiger partial charge is 0.244 e. The van der Waals surface area contributed by atoms with Crippen molar-refractivity contribution in [3.8, 4) is 0 Å². The molecule has 0 aliphatic carbocycles. The van der Waals surface area contributed by atoms with Gasteiger partial charge < -0.3 is 10.2 Å². The van der Waals surface area contributed by atoms with Gasteiger partial charge in [-0.3, -0.25) is 13.9 Å². The summed E-state index contributed by atoms with van der Waals surface area (Å²) in [6.07, 6.45) is 1.32. The lowest BCUT2D eigenvalue weighted by Crippen LogP contribution is -2.54. The van der Waals surface area contributed by atoms with Crippen molar-refractivity contribution in [3.63, 3.8) is 0 Å². The fourth-order valence-corrected chi connectivity index (χ4v) is 5.42. The molecule has 0 aromatic heterocycles. The molecule has 0 saturated heterocycles. The third-order valence-electron chi connectivity index (χ3n) is 6.31. The molecule has 2 amide bonds. The first-order valence-corrected chi connectivity index (χ1v) is 15.0. The second-order valence-corrected chi connectivity index (χ2v) is 12.4. The van der Waals surface area contributed by atoms with Gasteiger partial charge in [0.2, 0.25) is 21.8 Å². The van der Waals surface area contributed by atoms with Crippen LogP contribution in [0.15, 0.2) is 72.8 Å². The molecule has 1 atom stereocenters. The van der Waals surface area contributed by atoms with E-state index in [0.717, 1.165) is 27.3 Å². The van der Waals surface area contributed by atoms with Crippen molar-refractivity contribution in [1.82, 2.24) is 10.2 Å². The lowest BCUT2D eigenvalue weighted by molar-refractivity contribution is -0.140. The van der Waals surface area contributed by atoms with Crippen LogP contribution in [-0.4, -0.2) is 50.0 Å². The maximum Gasteiger partial charge on any atom is 0.244 e. The van der Waals surface area contributed by atoms with E-state index >= 15 is 0 Å². The summed E-state index contributed by atoms with van der Waals surface area (Å²) in [6, 6.07) is 20.9. The number of aryl methyl sites for hydroxylation is 2. The van der Waals surface area contributed by atoms with Crippen molar-refractivity contribution in [2.45, 2.75) is 52.7 Å². The number of benzene rings is 3. The molecule has 1 N–H and O–H groups in total. The predicted octanol–water partition coefficient (Wildman–Crippen LogP) is 4.89. The van der Waals surface area contributed by atoms with Gasteiger partial charge in [0.15, 0.2) is 0 Å². The van der Waals surface area contributed by atoms with E-state index in [1.54, 1.807) is 31.2 Å². The number of anilines is 1. The number of halogens is 1. The highest BCUT2D eigenvalue weighted by Crippen LogP contribution is 2.26. The highest BCUT2D eigenvalue weighted by Gasteiger charge is 2.33. The number of nitrogens with one attached hydrogen (secondary N) is 1. The minimum atomic E-state index is -3.83. The van der Waals surface area contributed by atoms with Crippen LogP contribution in [0.5, 0.6) is 0 Å². The van der Waals surface area contributed by atoms with Crippen LogP contribution in [0, 0.1) is 13.8 Å². The Balaban J connectivity index is 2.09. The summed E-state index contributed by atoms with van der Waals surface area (Å²) in [5, 5.41) is 3.38. The average Bonchev–Trinajstić information content (AvgIpc) is 2.86. The topological polar surface area (TPSA) is 86.8 Å². The fraction of sp³-hybridized carbons (Fsp3) is 0.333. The standard InChI is InChI=1S/C30H36ClN3O4S/c1-21(2)32-30(36)28(18-24-11-7-6-8-12-24)33(19-25-13-9-10-14-26(25)31)29(35)20-34(39(5,37)38)27-17-22(3)15-16-23(27)4/h6-17,21,28H,18-20H2,1-5H3,(H,32,36). The van der Waals surface area contributed by atoms with E-state index in [1.165, 1.54) is 4.90 Å². The van der Waals surface area contributed by atoms with E-state index in [1.807, 2.05) is 69.3 Å². The van der Waals surface area contributed by atoms with E-state index in [9.17, 15) is 18.0 Å². The van der Waals surface area contributed by atoms with Gasteiger partial charge in [0.25, 0.3) is 0 Å². The lowest BCUT2D eigenvalue weighted by atomic mass is 10.0. The molecule has 208 valence electrons. The summed E-state index contributed by atoms with van der Waals surface area (Å²) in [7, 11) is -3.83. The number of hydrogen-bond donors (Lipinski definition) is 1. The number of nitrogens with zero attached hydrogens (tertiary/aromatic N) is 2. The number of amides is 2. The third-order valence-corrected chi connectivity index (χ3v) is 7.81. The predicted molar refractivity (Wildman–Crippen MR) is 157 cm³/mol. The van der Waals surface area contributed by atoms with Gasteiger partial charge in [-0.1, -0.05) is 72.3 Å². The minimum Gasteiger partial charge on any atom is -0.352 e. The molecule has 0 bridgehead atoms. The molecule has 0 aliphatic heterocycles. The van der Waals surface area contributed by atoms with E-state index in [4.69, 9.17) is 11.6 Å². The van der Waals surface area contributed by atoms with Gasteiger partial charge in [-0.2, -0.15) is 0 Å². The molecule has 0 radical (unpaired) electrons. The second-order valence-electron chi connectivity index (χ2n) is 10.0. The van der Waals surface area contributed by atoms with Crippen LogP contribution < -0.4 is 9.62 Å². The first-order valence-electron chi connectivity index (χ1n) is 12.8. The zero-order chi connectivity index (χ0) is 28.7. The lowest BCUT2D eigenvalue weighted by Gasteiger charge is -2.34. The molecule has 3 aromatic carbocycles. The molecule has 3 aromatic rings. The Morgan fingerprint density at radius 2 is 1.59 bits per heavy atom.